The van der Waals surface area contributed by atoms with Crippen molar-refractivity contribution in [1.29, 1.82) is 0 Å². The lowest BCUT2D eigenvalue weighted by molar-refractivity contribution is 0.102. The Hall–Kier alpha value is -2.48. The SMILES string of the molecule is Cc1cc(C(=O)Nc2ccc(F)cc2F)ccc1N(C)S(C)(=O)=O. The third-order valence-corrected chi connectivity index (χ3v) is 4.67. The third kappa shape index (κ3) is 3.88. The molecule has 0 saturated heterocycles. The molecule has 8 heteroatoms. The highest BCUT2D eigenvalue weighted by atomic mass is 32.2. The summed E-state index contributed by atoms with van der Waals surface area (Å²) in [6, 6.07) is 7.25. The number of carbonyl (C=O) groups is 1. The van der Waals surface area contributed by atoms with Crippen LogP contribution in [0.25, 0.3) is 0 Å². The fourth-order valence-electron chi connectivity index (χ4n) is 2.11. The molecule has 0 spiro atoms. The molecule has 1 N–H and O–H groups in total. The summed E-state index contributed by atoms with van der Waals surface area (Å²) in [6.07, 6.45) is 1.07. The minimum absolute atomic E-state index is 0.142. The standard InChI is InChI=1S/C16H16F2N2O3S/c1-10-8-11(4-7-15(10)20(2)24(3,22)23)16(21)19-14-6-5-12(17)9-13(14)18/h4-9H,1-3H3,(H,19,21). The average Bonchev–Trinajstić information content (AvgIpc) is 2.48. The number of hydrogen-bond donors (Lipinski definition) is 1. The number of nitrogens with zero attached hydrogens (tertiary/aromatic N) is 1. The van der Waals surface area contributed by atoms with Crippen molar-refractivity contribution in [2.75, 3.05) is 22.9 Å². The molecule has 2 rings (SSSR count). The first-order chi connectivity index (χ1) is 11.1. The van der Waals surface area contributed by atoms with Gasteiger partial charge < -0.3 is 5.32 Å². The van der Waals surface area contributed by atoms with E-state index in [0.29, 0.717) is 17.3 Å². The maximum absolute atomic E-state index is 13.6. The van der Waals surface area contributed by atoms with E-state index in [1.807, 2.05) is 0 Å². The molecule has 1 amide bonds. The van der Waals surface area contributed by atoms with Crippen molar-refractivity contribution >= 4 is 27.3 Å². The molecular weight excluding hydrogens is 338 g/mol. The first kappa shape index (κ1) is 17.9. The van der Waals surface area contributed by atoms with Crippen molar-refractivity contribution in [3.8, 4) is 0 Å². The number of carbonyl (C=O) groups excluding carboxylic acids is 1. The quantitative estimate of drug-likeness (QED) is 0.918. The average molecular weight is 354 g/mol. The van der Waals surface area contributed by atoms with Gasteiger partial charge in [0.25, 0.3) is 5.91 Å². The van der Waals surface area contributed by atoms with Crippen LogP contribution in [0.5, 0.6) is 0 Å². The number of amides is 1. The molecule has 24 heavy (non-hydrogen) atoms. The summed E-state index contributed by atoms with van der Waals surface area (Å²) >= 11 is 0. The molecule has 2 aromatic carbocycles. The second-order valence-electron chi connectivity index (χ2n) is 5.31. The third-order valence-electron chi connectivity index (χ3n) is 3.48. The van der Waals surface area contributed by atoms with Gasteiger partial charge in [0, 0.05) is 18.7 Å². The predicted molar refractivity (Wildman–Crippen MR) is 88.7 cm³/mol. The Bertz CT molecular complexity index is 898. The number of nitrogens with one attached hydrogen (secondary N) is 1. The summed E-state index contributed by atoms with van der Waals surface area (Å²) in [5.74, 6) is -2.21. The first-order valence-corrected chi connectivity index (χ1v) is 8.75. The molecule has 128 valence electrons. The molecule has 0 aromatic heterocycles. The molecule has 5 nitrogen and oxygen atoms in total. The lowest BCUT2D eigenvalue weighted by Gasteiger charge is -2.19. The molecule has 0 heterocycles. The summed E-state index contributed by atoms with van der Waals surface area (Å²) in [5.41, 5.74) is 1.08. The maximum atomic E-state index is 13.6. The van der Waals surface area contributed by atoms with Crippen molar-refractivity contribution in [2.24, 2.45) is 0 Å². The molecular formula is C16H16F2N2O3S. The number of hydrogen-bond acceptors (Lipinski definition) is 3. The van der Waals surface area contributed by atoms with E-state index < -0.39 is 27.6 Å². The molecule has 0 aliphatic heterocycles. The second-order valence-corrected chi connectivity index (χ2v) is 7.32. The van der Waals surface area contributed by atoms with E-state index in [1.165, 1.54) is 25.2 Å². The Labute approximate surface area is 139 Å². The molecule has 0 aliphatic rings. The van der Waals surface area contributed by atoms with Crippen molar-refractivity contribution in [2.45, 2.75) is 6.92 Å². The van der Waals surface area contributed by atoms with E-state index in [2.05, 4.69) is 5.32 Å². The van der Waals surface area contributed by atoms with Crippen molar-refractivity contribution in [3.05, 3.63) is 59.2 Å². The largest absolute Gasteiger partial charge is 0.319 e. The Morgan fingerprint density at radius 2 is 1.79 bits per heavy atom. The summed E-state index contributed by atoms with van der Waals surface area (Å²) in [7, 11) is -2.01. The smallest absolute Gasteiger partial charge is 0.255 e. The van der Waals surface area contributed by atoms with Gasteiger partial charge in [-0.15, -0.1) is 0 Å². The van der Waals surface area contributed by atoms with E-state index in [4.69, 9.17) is 0 Å². The van der Waals surface area contributed by atoms with Gasteiger partial charge >= 0.3 is 0 Å². The monoisotopic (exact) mass is 354 g/mol. The number of rotatable bonds is 4. The molecule has 0 bridgehead atoms. The highest BCUT2D eigenvalue weighted by Gasteiger charge is 2.16. The van der Waals surface area contributed by atoms with Gasteiger partial charge in [0.05, 0.1) is 17.6 Å². The fraction of sp³-hybridized carbons (Fsp3) is 0.188. The minimum atomic E-state index is -3.42. The fourth-order valence-corrected chi connectivity index (χ4v) is 2.68. The highest BCUT2D eigenvalue weighted by Crippen LogP contribution is 2.23. The zero-order chi connectivity index (χ0) is 18.1. The van der Waals surface area contributed by atoms with Crippen molar-refractivity contribution in [3.63, 3.8) is 0 Å². The van der Waals surface area contributed by atoms with Gasteiger partial charge in [0.1, 0.15) is 11.6 Å². The lowest BCUT2D eigenvalue weighted by Crippen LogP contribution is -2.25. The van der Waals surface area contributed by atoms with Crippen LogP contribution in [0.15, 0.2) is 36.4 Å². The van der Waals surface area contributed by atoms with Crippen LogP contribution < -0.4 is 9.62 Å². The number of sulfonamides is 1. The predicted octanol–water partition coefficient (Wildman–Crippen LogP) is 2.92. The Morgan fingerprint density at radius 3 is 2.33 bits per heavy atom. The van der Waals surface area contributed by atoms with Gasteiger partial charge in [0.2, 0.25) is 10.0 Å². The second kappa shape index (κ2) is 6.56. The van der Waals surface area contributed by atoms with Crippen molar-refractivity contribution in [1.82, 2.24) is 0 Å². The molecule has 0 atom stereocenters. The summed E-state index contributed by atoms with van der Waals surface area (Å²) in [5, 5.41) is 2.35. The van der Waals surface area contributed by atoms with Gasteiger partial charge in [-0.25, -0.2) is 17.2 Å². The normalized spacial score (nSPS) is 11.2. The number of benzene rings is 2. The van der Waals surface area contributed by atoms with E-state index in [-0.39, 0.29) is 11.3 Å². The highest BCUT2D eigenvalue weighted by molar-refractivity contribution is 7.92. The van der Waals surface area contributed by atoms with E-state index in [0.717, 1.165) is 22.7 Å². The minimum Gasteiger partial charge on any atom is -0.319 e. The molecule has 0 fully saturated rings. The van der Waals surface area contributed by atoms with Gasteiger partial charge in [-0.05, 0) is 42.8 Å². The van der Waals surface area contributed by atoms with Crippen LogP contribution in [0.3, 0.4) is 0 Å². The van der Waals surface area contributed by atoms with Crippen LogP contribution in [-0.2, 0) is 10.0 Å². The van der Waals surface area contributed by atoms with Crippen LogP contribution in [0.2, 0.25) is 0 Å². The summed E-state index contributed by atoms with van der Waals surface area (Å²) < 4.78 is 50.7. The lowest BCUT2D eigenvalue weighted by atomic mass is 10.1. The van der Waals surface area contributed by atoms with Crippen LogP contribution in [-0.4, -0.2) is 27.6 Å². The Morgan fingerprint density at radius 1 is 1.12 bits per heavy atom. The van der Waals surface area contributed by atoms with Crippen LogP contribution in [0.1, 0.15) is 15.9 Å². The van der Waals surface area contributed by atoms with E-state index in [9.17, 15) is 22.0 Å². The first-order valence-electron chi connectivity index (χ1n) is 6.90. The molecule has 0 radical (unpaired) electrons. The van der Waals surface area contributed by atoms with Gasteiger partial charge in [-0.2, -0.15) is 0 Å². The van der Waals surface area contributed by atoms with Gasteiger partial charge in [-0.3, -0.25) is 9.10 Å². The van der Waals surface area contributed by atoms with Crippen LogP contribution >= 0.6 is 0 Å². The summed E-state index contributed by atoms with van der Waals surface area (Å²) in [4.78, 5) is 12.2. The molecule has 2 aromatic rings. The molecule has 0 unspecified atom stereocenters. The molecule has 0 saturated carbocycles. The Kier molecular flexibility index (Phi) is 4.88. The number of aryl methyl sites for hydroxylation is 1. The number of anilines is 2. The van der Waals surface area contributed by atoms with Gasteiger partial charge in [0.15, 0.2) is 0 Å². The van der Waals surface area contributed by atoms with Crippen LogP contribution in [0.4, 0.5) is 20.2 Å². The van der Waals surface area contributed by atoms with Crippen LogP contribution in [0, 0.1) is 18.6 Å². The summed E-state index contributed by atoms with van der Waals surface area (Å²) in [6.45, 7) is 1.66. The number of halogens is 2. The maximum Gasteiger partial charge on any atom is 0.255 e. The topological polar surface area (TPSA) is 66.5 Å². The van der Waals surface area contributed by atoms with E-state index >= 15 is 0 Å². The molecule has 0 aliphatic carbocycles. The van der Waals surface area contributed by atoms with Crippen molar-refractivity contribution < 1.29 is 22.0 Å². The zero-order valence-electron chi connectivity index (χ0n) is 13.3. The van der Waals surface area contributed by atoms with E-state index in [1.54, 1.807) is 6.92 Å². The zero-order valence-corrected chi connectivity index (χ0v) is 14.1. The Balaban J connectivity index is 2.27. The van der Waals surface area contributed by atoms with Gasteiger partial charge in [-0.1, -0.05) is 0 Å².